The Balaban J connectivity index is 1.96. The molecule has 1 heterocycles. The molecule has 0 bridgehead atoms. The maximum atomic E-state index is 10.5. The Bertz CT molecular complexity index is 769. The predicted molar refractivity (Wildman–Crippen MR) is 89.0 cm³/mol. The molecule has 0 saturated carbocycles. The number of nitrogens with zero attached hydrogens (tertiary/aromatic N) is 1. The van der Waals surface area contributed by atoms with Crippen LogP contribution in [0.25, 0.3) is 0 Å². The second-order valence-electron chi connectivity index (χ2n) is 5.55. The second-order valence-corrected chi connectivity index (χ2v) is 5.55. The van der Waals surface area contributed by atoms with Gasteiger partial charge in [0.15, 0.2) is 22.9 Å². The van der Waals surface area contributed by atoms with Crippen molar-refractivity contribution in [1.82, 2.24) is 0 Å². The lowest BCUT2D eigenvalue weighted by molar-refractivity contribution is -0.256. The summed E-state index contributed by atoms with van der Waals surface area (Å²) in [6.07, 6.45) is 1.47. The number of phenols is 1. The number of ether oxygens (including phenoxy) is 2. The van der Waals surface area contributed by atoms with Crippen LogP contribution in [0.4, 0.5) is 5.69 Å². The minimum Gasteiger partial charge on any atom is -0.504 e. The molecule has 120 valence electrons. The van der Waals surface area contributed by atoms with Crippen molar-refractivity contribution in [3.63, 3.8) is 0 Å². The van der Waals surface area contributed by atoms with Gasteiger partial charge >= 0.3 is 0 Å². The van der Waals surface area contributed by atoms with Crippen LogP contribution in [0, 0.1) is 0 Å². The Morgan fingerprint density at radius 3 is 2.57 bits per heavy atom. The van der Waals surface area contributed by atoms with E-state index >= 15 is 0 Å². The van der Waals surface area contributed by atoms with Gasteiger partial charge in [-0.3, -0.25) is 4.99 Å². The lowest BCUT2D eigenvalue weighted by Crippen LogP contribution is -2.40. The topological polar surface area (TPSA) is 78.7 Å². The number of aliphatic imine (C=N–C) groups is 1. The molecule has 1 aliphatic heterocycles. The Morgan fingerprint density at radius 1 is 1.13 bits per heavy atom. The summed E-state index contributed by atoms with van der Waals surface area (Å²) in [5.41, 5.74) is 8.72. The molecule has 0 atom stereocenters. The summed E-state index contributed by atoms with van der Waals surface area (Å²) in [5, 5.41) is 10.5. The number of hydrogen-bond donors (Lipinski definition) is 2. The first-order chi connectivity index (χ1) is 11.1. The van der Waals surface area contributed by atoms with Crippen molar-refractivity contribution in [1.29, 1.82) is 0 Å². The van der Waals surface area contributed by atoms with Gasteiger partial charge in [-0.05, 0) is 29.7 Å². The monoisotopic (exact) mass is 313 g/mol. The van der Waals surface area contributed by atoms with Gasteiger partial charge in [-0.1, -0.05) is 12.1 Å². The Labute approximate surface area is 135 Å². The van der Waals surface area contributed by atoms with Crippen molar-refractivity contribution in [3.8, 4) is 17.2 Å². The van der Waals surface area contributed by atoms with Gasteiger partial charge in [-0.25, -0.2) is 0 Å². The lowest BCUT2D eigenvalue weighted by atomic mass is 9.92. The van der Waals surface area contributed by atoms with E-state index in [1.165, 1.54) is 0 Å². The number of fused-ring (bicyclic) bond motifs is 1. The van der Waals surface area contributed by atoms with Crippen molar-refractivity contribution < 1.29 is 20.3 Å². The van der Waals surface area contributed by atoms with Crippen molar-refractivity contribution in [2.45, 2.75) is 12.8 Å². The minimum atomic E-state index is 0.173. The zero-order valence-electron chi connectivity index (χ0n) is 13.4. The number of quaternary nitrogens is 1. The molecule has 0 aliphatic carbocycles. The van der Waals surface area contributed by atoms with Gasteiger partial charge in [0, 0.05) is 24.6 Å². The summed E-state index contributed by atoms with van der Waals surface area (Å²) in [6.45, 7) is 0.738. The van der Waals surface area contributed by atoms with Crippen molar-refractivity contribution in [3.05, 3.63) is 47.0 Å². The van der Waals surface area contributed by atoms with Crippen LogP contribution >= 0.6 is 0 Å². The van der Waals surface area contributed by atoms with Gasteiger partial charge in [0.05, 0.1) is 19.9 Å². The fourth-order valence-corrected chi connectivity index (χ4v) is 2.98. The third-order valence-electron chi connectivity index (χ3n) is 4.14. The molecule has 23 heavy (non-hydrogen) atoms. The van der Waals surface area contributed by atoms with E-state index in [0.717, 1.165) is 46.8 Å². The van der Waals surface area contributed by atoms with Crippen molar-refractivity contribution in [2.24, 2.45) is 4.99 Å². The molecule has 0 fully saturated rings. The van der Waals surface area contributed by atoms with Gasteiger partial charge in [-0.15, -0.1) is 0 Å². The van der Waals surface area contributed by atoms with Crippen LogP contribution in [0.1, 0.15) is 16.7 Å². The van der Waals surface area contributed by atoms with Crippen LogP contribution < -0.4 is 15.2 Å². The fourth-order valence-electron chi connectivity index (χ4n) is 2.98. The predicted octanol–water partition coefficient (Wildman–Crippen LogP) is 1.87. The highest BCUT2D eigenvalue weighted by Gasteiger charge is 2.21. The molecule has 0 amide bonds. The number of rotatable bonds is 4. The molecular formula is C18H21N2O3+. The van der Waals surface area contributed by atoms with Crippen LogP contribution in [0.2, 0.25) is 0 Å². The van der Waals surface area contributed by atoms with Gasteiger partial charge in [0.2, 0.25) is 0 Å². The normalized spacial score (nSPS) is 13.3. The SMILES string of the molecule is COc1ccc(CC2=NCCc3ccc(OC)c(O)c32)cc1[NH3+]. The molecule has 3 rings (SSSR count). The quantitative estimate of drug-likeness (QED) is 0.904. The number of phenolic OH excluding ortho intramolecular Hbond substituents is 1. The van der Waals surface area contributed by atoms with Crippen LogP contribution in [0.3, 0.4) is 0 Å². The van der Waals surface area contributed by atoms with E-state index in [1.807, 2.05) is 24.3 Å². The molecule has 4 N–H and O–H groups in total. The summed E-state index contributed by atoms with van der Waals surface area (Å²) < 4.78 is 10.5. The highest BCUT2D eigenvalue weighted by molar-refractivity contribution is 6.06. The van der Waals surface area contributed by atoms with Crippen molar-refractivity contribution >= 4 is 11.4 Å². The molecule has 5 heteroatoms. The first kappa shape index (κ1) is 15.4. The molecule has 0 spiro atoms. The smallest absolute Gasteiger partial charge is 0.179 e. The van der Waals surface area contributed by atoms with Crippen LogP contribution in [-0.2, 0) is 12.8 Å². The van der Waals surface area contributed by atoms with Gasteiger partial charge < -0.3 is 20.3 Å². The van der Waals surface area contributed by atoms with Gasteiger partial charge in [0.1, 0.15) is 0 Å². The van der Waals surface area contributed by atoms with E-state index in [4.69, 9.17) is 9.47 Å². The second kappa shape index (κ2) is 6.30. The average Bonchev–Trinajstić information content (AvgIpc) is 2.55. The molecule has 0 aromatic heterocycles. The third kappa shape index (κ3) is 2.87. The largest absolute Gasteiger partial charge is 0.504 e. The van der Waals surface area contributed by atoms with E-state index in [-0.39, 0.29) is 5.75 Å². The average molecular weight is 313 g/mol. The summed E-state index contributed by atoms with van der Waals surface area (Å²) >= 11 is 0. The van der Waals surface area contributed by atoms with E-state index in [0.29, 0.717) is 12.2 Å². The molecular weight excluding hydrogens is 292 g/mol. The molecule has 1 aliphatic rings. The molecule has 0 unspecified atom stereocenters. The summed E-state index contributed by atoms with van der Waals surface area (Å²) in [5.74, 6) is 1.42. The number of aromatic hydroxyl groups is 1. The maximum Gasteiger partial charge on any atom is 0.179 e. The zero-order chi connectivity index (χ0) is 16.4. The third-order valence-corrected chi connectivity index (χ3v) is 4.14. The Morgan fingerprint density at radius 2 is 1.87 bits per heavy atom. The first-order valence-electron chi connectivity index (χ1n) is 7.55. The molecule has 2 aromatic rings. The maximum absolute atomic E-state index is 10.5. The van der Waals surface area contributed by atoms with E-state index < -0.39 is 0 Å². The summed E-state index contributed by atoms with van der Waals surface area (Å²) in [4.78, 5) is 4.62. The van der Waals surface area contributed by atoms with Gasteiger partial charge in [0.25, 0.3) is 0 Å². The number of methoxy groups -OCH3 is 2. The number of hydrogen-bond acceptors (Lipinski definition) is 4. The lowest BCUT2D eigenvalue weighted by Gasteiger charge is -2.20. The highest BCUT2D eigenvalue weighted by Crippen LogP contribution is 2.35. The molecule has 2 aromatic carbocycles. The van der Waals surface area contributed by atoms with Crippen LogP contribution in [0.5, 0.6) is 17.2 Å². The van der Waals surface area contributed by atoms with E-state index in [1.54, 1.807) is 20.3 Å². The highest BCUT2D eigenvalue weighted by atomic mass is 16.5. The van der Waals surface area contributed by atoms with Crippen LogP contribution in [-0.4, -0.2) is 31.6 Å². The van der Waals surface area contributed by atoms with Gasteiger partial charge in [-0.2, -0.15) is 0 Å². The molecule has 0 radical (unpaired) electrons. The van der Waals surface area contributed by atoms with Crippen molar-refractivity contribution in [2.75, 3.05) is 20.8 Å². The summed E-state index contributed by atoms with van der Waals surface area (Å²) in [6, 6.07) is 9.71. The standard InChI is InChI=1S/C18H20N2O3/c1-22-15-5-3-11(9-13(15)19)10-14-17-12(7-8-20-14)4-6-16(23-2)18(17)21/h3-6,9,21H,7-8,10,19H2,1-2H3/p+1. The first-order valence-corrected chi connectivity index (χ1v) is 7.55. The van der Waals surface area contributed by atoms with Crippen LogP contribution in [0.15, 0.2) is 35.3 Å². The molecule has 5 nitrogen and oxygen atoms in total. The fraction of sp³-hybridized carbons (Fsp3) is 0.278. The Kier molecular flexibility index (Phi) is 4.21. The minimum absolute atomic E-state index is 0.173. The Hall–Kier alpha value is -2.53. The zero-order valence-corrected chi connectivity index (χ0v) is 13.4. The number of benzene rings is 2. The molecule has 0 saturated heterocycles. The summed E-state index contributed by atoms with van der Waals surface area (Å²) in [7, 11) is 3.19. The van der Waals surface area contributed by atoms with E-state index in [2.05, 4.69) is 10.7 Å². The van der Waals surface area contributed by atoms with E-state index in [9.17, 15) is 5.11 Å².